The fourth-order valence-corrected chi connectivity index (χ4v) is 3.12. The summed E-state index contributed by atoms with van der Waals surface area (Å²) in [4.78, 5) is 11.5. The third-order valence-electron chi connectivity index (χ3n) is 4.49. The van der Waals surface area contributed by atoms with Crippen molar-refractivity contribution in [3.05, 3.63) is 71.3 Å². The maximum atomic E-state index is 12.7. The molecule has 4 heteroatoms. The summed E-state index contributed by atoms with van der Waals surface area (Å²) in [5.74, 6) is -2.02. The van der Waals surface area contributed by atoms with Gasteiger partial charge < -0.3 is 0 Å². The number of Topliss-reactive ketones (excluding diaryl/α,β-unsaturated/α-hetero) is 1. The van der Waals surface area contributed by atoms with Gasteiger partial charge in [0.2, 0.25) is 5.78 Å². The number of hydrogen-bond acceptors (Lipinski definition) is 1. The van der Waals surface area contributed by atoms with Gasteiger partial charge in [0.25, 0.3) is 0 Å². The molecule has 0 spiro atoms. The van der Waals surface area contributed by atoms with Gasteiger partial charge in [-0.15, -0.1) is 0 Å². The number of aryl methyl sites for hydroxylation is 2. The number of benzene rings is 2. The summed E-state index contributed by atoms with van der Waals surface area (Å²) in [6.07, 6.45) is -2.07. The van der Waals surface area contributed by atoms with Crippen LogP contribution in [0.25, 0.3) is 0 Å². The molecule has 0 saturated carbocycles. The van der Waals surface area contributed by atoms with Crippen molar-refractivity contribution >= 4 is 5.78 Å². The van der Waals surface area contributed by atoms with Crippen LogP contribution < -0.4 is 0 Å². The first-order valence-electron chi connectivity index (χ1n) is 8.57. The van der Waals surface area contributed by atoms with Gasteiger partial charge in [0.1, 0.15) is 0 Å². The molecule has 2 rings (SSSR count). The van der Waals surface area contributed by atoms with Crippen LogP contribution in [0.5, 0.6) is 0 Å². The van der Waals surface area contributed by atoms with Crippen molar-refractivity contribution in [3.63, 3.8) is 0 Å². The third-order valence-corrected chi connectivity index (χ3v) is 4.49. The van der Waals surface area contributed by atoms with Crippen molar-refractivity contribution in [1.82, 2.24) is 0 Å². The minimum atomic E-state index is -4.76. The largest absolute Gasteiger partial charge is 0.449 e. The molecular weight excluding hydrogens is 325 g/mol. The second-order valence-electron chi connectivity index (χ2n) is 6.41. The standard InChI is InChI=1S/C21H23F3O/c1-16-9-5-8-14-19(16)18(15-20(25)21(22,23)24)13-7-6-12-17-10-3-2-4-11-17/h2-5,8-11,14,18H,6-7,12-13,15H2,1H3/t18-/m1/s1. The van der Waals surface area contributed by atoms with E-state index in [1.807, 2.05) is 61.5 Å². The zero-order valence-corrected chi connectivity index (χ0v) is 14.4. The highest BCUT2D eigenvalue weighted by atomic mass is 19.4. The Kier molecular flexibility index (Phi) is 6.80. The molecule has 0 aromatic heterocycles. The Hall–Kier alpha value is -2.10. The van der Waals surface area contributed by atoms with E-state index in [0.29, 0.717) is 6.42 Å². The first-order valence-corrected chi connectivity index (χ1v) is 8.57. The van der Waals surface area contributed by atoms with Crippen molar-refractivity contribution in [2.75, 3.05) is 0 Å². The van der Waals surface area contributed by atoms with Crippen LogP contribution in [0.2, 0.25) is 0 Å². The Morgan fingerprint density at radius 1 is 0.960 bits per heavy atom. The Labute approximate surface area is 146 Å². The minimum absolute atomic E-state index is 0.383. The monoisotopic (exact) mass is 348 g/mol. The van der Waals surface area contributed by atoms with E-state index < -0.39 is 18.4 Å². The first-order chi connectivity index (χ1) is 11.9. The maximum absolute atomic E-state index is 12.7. The molecule has 0 saturated heterocycles. The van der Waals surface area contributed by atoms with Crippen LogP contribution in [0.3, 0.4) is 0 Å². The number of hydrogen-bond donors (Lipinski definition) is 0. The number of carbonyl (C=O) groups excluding carboxylic acids is 1. The van der Waals surface area contributed by atoms with E-state index in [0.717, 1.165) is 30.4 Å². The normalized spacial score (nSPS) is 12.8. The highest BCUT2D eigenvalue weighted by Crippen LogP contribution is 2.32. The molecule has 0 bridgehead atoms. The summed E-state index contributed by atoms with van der Waals surface area (Å²) in [7, 11) is 0. The van der Waals surface area contributed by atoms with Crippen molar-refractivity contribution in [2.45, 2.75) is 51.1 Å². The molecule has 1 nitrogen and oxygen atoms in total. The quantitative estimate of drug-likeness (QED) is 0.534. The average Bonchev–Trinajstić information content (AvgIpc) is 2.58. The van der Waals surface area contributed by atoms with Crippen LogP contribution in [0, 0.1) is 6.92 Å². The predicted molar refractivity (Wildman–Crippen MR) is 93.6 cm³/mol. The van der Waals surface area contributed by atoms with E-state index in [1.165, 1.54) is 5.56 Å². The number of ketones is 1. The summed E-state index contributed by atoms with van der Waals surface area (Å²) in [5.41, 5.74) is 3.01. The van der Waals surface area contributed by atoms with Crippen molar-refractivity contribution in [3.8, 4) is 0 Å². The Morgan fingerprint density at radius 3 is 2.24 bits per heavy atom. The number of unbranched alkanes of at least 4 members (excludes halogenated alkanes) is 1. The minimum Gasteiger partial charge on any atom is -0.290 e. The molecule has 0 amide bonds. The van der Waals surface area contributed by atoms with Crippen molar-refractivity contribution < 1.29 is 18.0 Å². The lowest BCUT2D eigenvalue weighted by molar-refractivity contribution is -0.171. The first kappa shape index (κ1) is 19.2. The second kappa shape index (κ2) is 8.84. The second-order valence-corrected chi connectivity index (χ2v) is 6.41. The van der Waals surface area contributed by atoms with Gasteiger partial charge in [-0.2, -0.15) is 13.2 Å². The van der Waals surface area contributed by atoms with E-state index in [1.54, 1.807) is 0 Å². The molecule has 0 heterocycles. The molecular formula is C21H23F3O. The predicted octanol–water partition coefficient (Wildman–Crippen LogP) is 6.01. The van der Waals surface area contributed by atoms with Crippen molar-refractivity contribution in [1.29, 1.82) is 0 Å². The molecule has 1 atom stereocenters. The number of halogens is 3. The van der Waals surface area contributed by atoms with E-state index in [4.69, 9.17) is 0 Å². The van der Waals surface area contributed by atoms with Gasteiger partial charge in [-0.3, -0.25) is 4.79 Å². The van der Waals surface area contributed by atoms with Gasteiger partial charge >= 0.3 is 6.18 Å². The maximum Gasteiger partial charge on any atom is 0.449 e. The number of carbonyl (C=O) groups is 1. The van der Waals surface area contributed by atoms with Crippen LogP contribution in [0.4, 0.5) is 13.2 Å². The summed E-state index contributed by atoms with van der Waals surface area (Å²) < 4.78 is 38.1. The van der Waals surface area contributed by atoms with Crippen LogP contribution in [0.15, 0.2) is 54.6 Å². The summed E-state index contributed by atoms with van der Waals surface area (Å²) in [6, 6.07) is 17.4. The van der Waals surface area contributed by atoms with Crippen molar-refractivity contribution in [2.24, 2.45) is 0 Å². The highest BCUT2D eigenvalue weighted by molar-refractivity contribution is 5.84. The molecule has 0 aliphatic carbocycles. The van der Waals surface area contributed by atoms with Gasteiger partial charge in [0.15, 0.2) is 0 Å². The molecule has 0 fully saturated rings. The lowest BCUT2D eigenvalue weighted by atomic mass is 9.86. The van der Waals surface area contributed by atoms with Crippen LogP contribution >= 0.6 is 0 Å². The zero-order valence-electron chi connectivity index (χ0n) is 14.4. The lowest BCUT2D eigenvalue weighted by Crippen LogP contribution is -2.25. The fourth-order valence-electron chi connectivity index (χ4n) is 3.12. The molecule has 2 aromatic rings. The number of alkyl halides is 3. The molecule has 25 heavy (non-hydrogen) atoms. The summed E-state index contributed by atoms with van der Waals surface area (Å²) >= 11 is 0. The van der Waals surface area contributed by atoms with Gasteiger partial charge in [0, 0.05) is 6.42 Å². The Morgan fingerprint density at radius 2 is 1.60 bits per heavy atom. The van der Waals surface area contributed by atoms with Gasteiger partial charge in [0.05, 0.1) is 0 Å². The molecule has 0 aliphatic rings. The smallest absolute Gasteiger partial charge is 0.290 e. The van der Waals surface area contributed by atoms with Gasteiger partial charge in [-0.1, -0.05) is 61.0 Å². The SMILES string of the molecule is Cc1ccccc1[C@H](CCCCc1ccccc1)CC(=O)C(F)(F)F. The van der Waals surface area contributed by atoms with Crippen LogP contribution in [0.1, 0.15) is 48.3 Å². The van der Waals surface area contributed by atoms with Gasteiger partial charge in [-0.25, -0.2) is 0 Å². The number of rotatable bonds is 8. The van der Waals surface area contributed by atoms with E-state index in [-0.39, 0.29) is 5.92 Å². The molecule has 2 aromatic carbocycles. The molecule has 0 aliphatic heterocycles. The zero-order chi connectivity index (χ0) is 18.3. The van der Waals surface area contributed by atoms with E-state index >= 15 is 0 Å². The molecule has 0 unspecified atom stereocenters. The van der Waals surface area contributed by atoms with Crippen LogP contribution in [-0.2, 0) is 11.2 Å². The Balaban J connectivity index is 1.99. The average molecular weight is 348 g/mol. The third kappa shape index (κ3) is 6.04. The topological polar surface area (TPSA) is 17.1 Å². The Bertz CT molecular complexity index is 677. The fraction of sp³-hybridized carbons (Fsp3) is 0.381. The van der Waals surface area contributed by atoms with Crippen LogP contribution in [-0.4, -0.2) is 12.0 Å². The highest BCUT2D eigenvalue weighted by Gasteiger charge is 2.39. The lowest BCUT2D eigenvalue weighted by Gasteiger charge is -2.19. The van der Waals surface area contributed by atoms with E-state index in [9.17, 15) is 18.0 Å². The molecule has 0 N–H and O–H groups in total. The summed E-state index contributed by atoms with van der Waals surface area (Å²) in [6.45, 7) is 1.88. The summed E-state index contributed by atoms with van der Waals surface area (Å²) in [5, 5.41) is 0. The molecule has 134 valence electrons. The van der Waals surface area contributed by atoms with Gasteiger partial charge in [-0.05, 0) is 48.8 Å². The molecule has 0 radical (unpaired) electrons. The van der Waals surface area contributed by atoms with E-state index in [2.05, 4.69) is 0 Å².